The van der Waals surface area contributed by atoms with Gasteiger partial charge in [0, 0.05) is 18.1 Å². The normalized spacial score (nSPS) is 22.5. The Morgan fingerprint density at radius 3 is 2.75 bits per heavy atom. The molecule has 28 heavy (non-hydrogen) atoms. The van der Waals surface area contributed by atoms with E-state index in [-0.39, 0.29) is 27.2 Å². The number of likely N-dealkylation sites (tertiary alicyclic amines) is 1. The smallest absolute Gasteiger partial charge is 0.263 e. The van der Waals surface area contributed by atoms with Crippen LogP contribution in [0.3, 0.4) is 0 Å². The van der Waals surface area contributed by atoms with Crippen LogP contribution in [0.1, 0.15) is 42.5 Å². The van der Waals surface area contributed by atoms with E-state index in [1.54, 1.807) is 11.0 Å². The summed E-state index contributed by atoms with van der Waals surface area (Å²) in [7, 11) is -4.02. The molecule has 1 aliphatic carbocycles. The Hall–Kier alpha value is -1.71. The van der Waals surface area contributed by atoms with Gasteiger partial charge in [-0.2, -0.15) is 0 Å². The average molecular weight is 441 g/mol. The van der Waals surface area contributed by atoms with Gasteiger partial charge < -0.3 is 4.90 Å². The summed E-state index contributed by atoms with van der Waals surface area (Å²) >= 11 is 7.08. The second kappa shape index (κ2) is 7.96. The number of nitrogens with zero attached hydrogens (tertiary/aromatic N) is 3. The number of nitrogens with one attached hydrogen (secondary N) is 1. The third-order valence-corrected chi connectivity index (χ3v) is 7.78. The molecule has 10 heteroatoms. The molecule has 1 amide bonds. The number of benzene rings is 1. The van der Waals surface area contributed by atoms with Crippen LogP contribution in [0, 0.1) is 11.8 Å². The van der Waals surface area contributed by atoms with Gasteiger partial charge in [-0.1, -0.05) is 35.4 Å². The van der Waals surface area contributed by atoms with Crippen molar-refractivity contribution in [2.45, 2.75) is 37.0 Å². The Kier molecular flexibility index (Phi) is 5.57. The Morgan fingerprint density at radius 1 is 1.21 bits per heavy atom. The van der Waals surface area contributed by atoms with Gasteiger partial charge in [0.2, 0.25) is 0 Å². The fourth-order valence-electron chi connectivity index (χ4n) is 4.25. The summed E-state index contributed by atoms with van der Waals surface area (Å²) in [6, 6.07) is 4.35. The standard InChI is InChI=1S/C18H21ClN4O3S2/c19-14-5-6-15(16(9-14)28(25,26)21-17-11-27-22-20-17)18(24)23-8-7-12-3-1-2-4-13(12)10-23/h5-6,9,11-13,21H,1-4,7-8,10H2. The van der Waals surface area contributed by atoms with Crippen molar-refractivity contribution in [3.05, 3.63) is 34.2 Å². The number of hydrogen-bond donors (Lipinski definition) is 1. The Balaban J connectivity index is 1.61. The van der Waals surface area contributed by atoms with Crippen molar-refractivity contribution in [1.29, 1.82) is 0 Å². The van der Waals surface area contributed by atoms with Crippen LogP contribution < -0.4 is 4.72 Å². The van der Waals surface area contributed by atoms with Gasteiger partial charge in [0.15, 0.2) is 5.82 Å². The van der Waals surface area contributed by atoms with Crippen molar-refractivity contribution >= 4 is 44.9 Å². The first-order valence-electron chi connectivity index (χ1n) is 9.33. The molecule has 1 saturated carbocycles. The predicted octanol–water partition coefficient (Wildman–Crippen LogP) is 3.64. The third-order valence-electron chi connectivity index (χ3n) is 5.64. The van der Waals surface area contributed by atoms with E-state index in [0.29, 0.717) is 24.9 Å². The van der Waals surface area contributed by atoms with Crippen LogP contribution in [0.4, 0.5) is 5.82 Å². The number of anilines is 1. The van der Waals surface area contributed by atoms with E-state index in [1.807, 2.05) is 0 Å². The molecule has 1 aromatic carbocycles. The summed E-state index contributed by atoms with van der Waals surface area (Å²) < 4.78 is 31.8. The highest BCUT2D eigenvalue weighted by Gasteiger charge is 2.35. The summed E-state index contributed by atoms with van der Waals surface area (Å²) in [4.78, 5) is 14.9. The number of carbonyl (C=O) groups is 1. The number of sulfonamides is 1. The first-order valence-corrected chi connectivity index (χ1v) is 12.0. The molecule has 7 nitrogen and oxygen atoms in total. The summed E-state index contributed by atoms with van der Waals surface area (Å²) in [6.45, 7) is 1.35. The van der Waals surface area contributed by atoms with Gasteiger partial charge in [0.25, 0.3) is 15.9 Å². The van der Waals surface area contributed by atoms with Crippen LogP contribution in [0.25, 0.3) is 0 Å². The maximum atomic E-state index is 13.2. The summed E-state index contributed by atoms with van der Waals surface area (Å²) in [6.07, 6.45) is 5.83. The first kappa shape index (κ1) is 19.6. The zero-order valence-corrected chi connectivity index (χ0v) is 17.6. The predicted molar refractivity (Wildman–Crippen MR) is 108 cm³/mol. The van der Waals surface area contributed by atoms with E-state index in [4.69, 9.17) is 11.6 Å². The van der Waals surface area contributed by atoms with Crippen molar-refractivity contribution in [1.82, 2.24) is 14.5 Å². The molecule has 2 aromatic rings. The van der Waals surface area contributed by atoms with Crippen LogP contribution in [-0.4, -0.2) is 41.9 Å². The minimum absolute atomic E-state index is 0.117. The molecule has 2 aliphatic rings. The number of halogens is 1. The molecule has 1 N–H and O–H groups in total. The maximum absolute atomic E-state index is 13.2. The molecule has 0 spiro atoms. The van der Waals surface area contributed by atoms with Crippen LogP contribution in [0.15, 0.2) is 28.5 Å². The molecule has 2 unspecified atom stereocenters. The van der Waals surface area contributed by atoms with Gasteiger partial charge in [-0.25, -0.2) is 8.42 Å². The molecule has 0 bridgehead atoms. The van der Waals surface area contributed by atoms with E-state index >= 15 is 0 Å². The van der Waals surface area contributed by atoms with Crippen LogP contribution in [-0.2, 0) is 10.0 Å². The van der Waals surface area contributed by atoms with E-state index in [2.05, 4.69) is 14.3 Å². The molecule has 1 aromatic heterocycles. The zero-order chi connectivity index (χ0) is 19.7. The van der Waals surface area contributed by atoms with Gasteiger partial charge >= 0.3 is 0 Å². The van der Waals surface area contributed by atoms with Gasteiger partial charge in [0.05, 0.1) is 10.9 Å². The fourth-order valence-corrected chi connectivity index (χ4v) is 6.16. The largest absolute Gasteiger partial charge is 0.338 e. The highest BCUT2D eigenvalue weighted by Crippen LogP contribution is 2.37. The number of fused-ring (bicyclic) bond motifs is 1. The van der Waals surface area contributed by atoms with E-state index in [0.717, 1.165) is 24.4 Å². The summed E-state index contributed by atoms with van der Waals surface area (Å²) in [5.74, 6) is 1.05. The molecular weight excluding hydrogens is 420 g/mol. The zero-order valence-electron chi connectivity index (χ0n) is 15.2. The third kappa shape index (κ3) is 4.01. The minimum Gasteiger partial charge on any atom is -0.338 e. The second-order valence-electron chi connectivity index (χ2n) is 7.38. The first-order chi connectivity index (χ1) is 13.4. The monoisotopic (exact) mass is 440 g/mol. The molecule has 0 radical (unpaired) electrons. The summed E-state index contributed by atoms with van der Waals surface area (Å²) in [5.41, 5.74) is 0.134. The lowest BCUT2D eigenvalue weighted by atomic mass is 9.75. The van der Waals surface area contributed by atoms with Crippen molar-refractivity contribution in [2.24, 2.45) is 11.8 Å². The molecule has 1 aliphatic heterocycles. The number of hydrogen-bond acceptors (Lipinski definition) is 6. The quantitative estimate of drug-likeness (QED) is 0.783. The number of amides is 1. The Bertz CT molecular complexity index is 965. The average Bonchev–Trinajstić information content (AvgIpc) is 3.19. The molecule has 2 fully saturated rings. The van der Waals surface area contributed by atoms with Crippen molar-refractivity contribution in [3.63, 3.8) is 0 Å². The topological polar surface area (TPSA) is 92.3 Å². The van der Waals surface area contributed by atoms with Crippen molar-refractivity contribution in [2.75, 3.05) is 17.8 Å². The Morgan fingerprint density at radius 2 is 2.00 bits per heavy atom. The molecular formula is C18H21ClN4O3S2. The van der Waals surface area contributed by atoms with Crippen LogP contribution in [0.2, 0.25) is 5.02 Å². The molecule has 150 valence electrons. The highest BCUT2D eigenvalue weighted by atomic mass is 35.5. The van der Waals surface area contributed by atoms with Gasteiger partial charge in [0.1, 0.15) is 4.90 Å². The lowest BCUT2D eigenvalue weighted by Gasteiger charge is -2.41. The van der Waals surface area contributed by atoms with Gasteiger partial charge in [-0.3, -0.25) is 9.52 Å². The summed E-state index contributed by atoms with van der Waals surface area (Å²) in [5, 5.41) is 5.44. The van der Waals surface area contributed by atoms with E-state index in [9.17, 15) is 13.2 Å². The fraction of sp³-hybridized carbons (Fsp3) is 0.500. The van der Waals surface area contributed by atoms with Crippen molar-refractivity contribution in [3.8, 4) is 0 Å². The minimum atomic E-state index is -4.02. The Labute approximate surface area is 173 Å². The molecule has 1 saturated heterocycles. The highest BCUT2D eigenvalue weighted by molar-refractivity contribution is 7.92. The maximum Gasteiger partial charge on any atom is 0.263 e. The number of aromatic nitrogens is 2. The van der Waals surface area contributed by atoms with Crippen LogP contribution in [0.5, 0.6) is 0 Å². The van der Waals surface area contributed by atoms with Gasteiger partial charge in [-0.15, -0.1) is 5.10 Å². The SMILES string of the molecule is O=C(c1ccc(Cl)cc1S(=O)(=O)Nc1csnn1)N1CCC2CCCCC2C1. The van der Waals surface area contributed by atoms with Gasteiger partial charge in [-0.05, 0) is 54.4 Å². The lowest BCUT2D eigenvalue weighted by molar-refractivity contribution is 0.0517. The molecule has 2 heterocycles. The number of carbonyl (C=O) groups excluding carboxylic acids is 1. The van der Waals surface area contributed by atoms with Crippen LogP contribution >= 0.6 is 23.1 Å². The number of piperidine rings is 1. The number of rotatable bonds is 4. The second-order valence-corrected chi connectivity index (χ2v) is 10.1. The molecule has 2 atom stereocenters. The van der Waals surface area contributed by atoms with E-state index < -0.39 is 10.0 Å². The molecule has 4 rings (SSSR count). The van der Waals surface area contributed by atoms with E-state index in [1.165, 1.54) is 36.8 Å². The lowest BCUT2D eigenvalue weighted by Crippen LogP contribution is -2.45. The van der Waals surface area contributed by atoms with Crippen molar-refractivity contribution < 1.29 is 13.2 Å².